The molecule has 1 fully saturated rings. The number of carbonyl (C=O) groups excluding carboxylic acids is 1. The number of rotatable bonds is 4. The molecule has 3 nitrogen and oxygen atoms in total. The largest absolute Gasteiger partial charge is 0.377 e. The topological polar surface area (TPSA) is 29.5 Å². The van der Waals surface area contributed by atoms with Gasteiger partial charge in [0, 0.05) is 18.8 Å². The molecule has 4 heteroatoms. The number of hydrogen-bond acceptors (Lipinski definition) is 2. The zero-order valence-electron chi connectivity index (χ0n) is 8.67. The Morgan fingerprint density at radius 1 is 1.64 bits per heavy atom. The lowest BCUT2D eigenvalue weighted by Gasteiger charge is -2.34. The van der Waals surface area contributed by atoms with Gasteiger partial charge in [-0.2, -0.15) is 0 Å². The van der Waals surface area contributed by atoms with E-state index in [0.29, 0.717) is 32.1 Å². The summed E-state index contributed by atoms with van der Waals surface area (Å²) in [7, 11) is 0. The first-order valence-electron chi connectivity index (χ1n) is 5.22. The lowest BCUT2D eigenvalue weighted by atomic mass is 10.2. The lowest BCUT2D eigenvalue weighted by Crippen LogP contribution is -2.49. The van der Waals surface area contributed by atoms with Gasteiger partial charge in [-0.3, -0.25) is 4.79 Å². The molecule has 0 bridgehead atoms. The standard InChI is InChI=1S/C10H18ClNO2/c1-2-3-4-10(13)12-5-6-14-8-9(12)7-11/h9H,2-8H2,1H3. The molecule has 1 aliphatic heterocycles. The van der Waals surface area contributed by atoms with Crippen molar-refractivity contribution in [2.75, 3.05) is 25.6 Å². The van der Waals surface area contributed by atoms with Crippen molar-refractivity contribution in [3.05, 3.63) is 0 Å². The van der Waals surface area contributed by atoms with Crippen molar-refractivity contribution >= 4 is 17.5 Å². The van der Waals surface area contributed by atoms with Crippen LogP contribution in [0.3, 0.4) is 0 Å². The van der Waals surface area contributed by atoms with Gasteiger partial charge in [0.25, 0.3) is 0 Å². The van der Waals surface area contributed by atoms with Crippen molar-refractivity contribution in [1.82, 2.24) is 4.90 Å². The van der Waals surface area contributed by atoms with Gasteiger partial charge in [-0.1, -0.05) is 13.3 Å². The first kappa shape index (κ1) is 11.8. The SMILES string of the molecule is CCCCC(=O)N1CCOCC1CCl. The molecule has 0 radical (unpaired) electrons. The number of amides is 1. The van der Waals surface area contributed by atoms with Gasteiger partial charge in [-0.05, 0) is 6.42 Å². The molecule has 1 aliphatic rings. The fourth-order valence-corrected chi connectivity index (χ4v) is 1.84. The molecule has 0 aromatic heterocycles. The maximum Gasteiger partial charge on any atom is 0.223 e. The van der Waals surface area contributed by atoms with Gasteiger partial charge in [0.05, 0.1) is 19.3 Å². The van der Waals surface area contributed by atoms with Crippen LogP contribution in [0.15, 0.2) is 0 Å². The fourth-order valence-electron chi connectivity index (χ4n) is 1.58. The molecule has 1 heterocycles. The number of alkyl halides is 1. The molecule has 1 rings (SSSR count). The second kappa shape index (κ2) is 6.25. The maximum absolute atomic E-state index is 11.7. The van der Waals surface area contributed by atoms with Crippen LogP contribution in [0.1, 0.15) is 26.2 Å². The third-order valence-electron chi connectivity index (χ3n) is 2.47. The van der Waals surface area contributed by atoms with Gasteiger partial charge in [-0.15, -0.1) is 11.6 Å². The Morgan fingerprint density at radius 3 is 3.07 bits per heavy atom. The fraction of sp³-hybridized carbons (Fsp3) is 0.900. The van der Waals surface area contributed by atoms with Gasteiger partial charge in [0.15, 0.2) is 0 Å². The van der Waals surface area contributed by atoms with E-state index in [1.165, 1.54) is 0 Å². The summed E-state index contributed by atoms with van der Waals surface area (Å²) in [5.41, 5.74) is 0. The molecule has 0 saturated carbocycles. The number of carbonyl (C=O) groups is 1. The zero-order chi connectivity index (χ0) is 10.4. The predicted molar refractivity (Wildman–Crippen MR) is 56.6 cm³/mol. The Kier molecular flexibility index (Phi) is 5.26. The van der Waals surface area contributed by atoms with Crippen LogP contribution >= 0.6 is 11.6 Å². The minimum absolute atomic E-state index is 0.0785. The summed E-state index contributed by atoms with van der Waals surface area (Å²) in [6.45, 7) is 4.01. The summed E-state index contributed by atoms with van der Waals surface area (Å²) in [6.07, 6.45) is 2.66. The second-order valence-corrected chi connectivity index (χ2v) is 3.88. The van der Waals surface area contributed by atoms with E-state index in [4.69, 9.17) is 16.3 Å². The third-order valence-corrected chi connectivity index (χ3v) is 2.83. The Bertz CT molecular complexity index is 187. The summed E-state index contributed by atoms with van der Waals surface area (Å²) < 4.78 is 5.28. The quantitative estimate of drug-likeness (QED) is 0.673. The lowest BCUT2D eigenvalue weighted by molar-refractivity contribution is -0.139. The summed E-state index contributed by atoms with van der Waals surface area (Å²) in [6, 6.07) is 0.0785. The predicted octanol–water partition coefficient (Wildman–Crippen LogP) is 1.64. The molecule has 1 atom stereocenters. The molecule has 82 valence electrons. The van der Waals surface area contributed by atoms with Crippen LogP contribution in [-0.2, 0) is 9.53 Å². The average Bonchev–Trinajstić information content (AvgIpc) is 2.25. The second-order valence-electron chi connectivity index (χ2n) is 3.57. The van der Waals surface area contributed by atoms with Crippen molar-refractivity contribution in [1.29, 1.82) is 0 Å². The van der Waals surface area contributed by atoms with E-state index in [0.717, 1.165) is 12.8 Å². The van der Waals surface area contributed by atoms with Crippen LogP contribution in [0.5, 0.6) is 0 Å². The number of halogens is 1. The molecule has 0 aliphatic carbocycles. The van der Waals surface area contributed by atoms with Crippen LogP contribution in [0.25, 0.3) is 0 Å². The Balaban J connectivity index is 2.41. The summed E-state index contributed by atoms with van der Waals surface area (Å²) in [5, 5.41) is 0. The molecule has 0 spiro atoms. The van der Waals surface area contributed by atoms with E-state index < -0.39 is 0 Å². The van der Waals surface area contributed by atoms with Crippen molar-refractivity contribution in [2.24, 2.45) is 0 Å². The monoisotopic (exact) mass is 219 g/mol. The van der Waals surface area contributed by atoms with Crippen LogP contribution in [0.2, 0.25) is 0 Å². The van der Waals surface area contributed by atoms with Gasteiger partial charge in [0.2, 0.25) is 5.91 Å². The zero-order valence-corrected chi connectivity index (χ0v) is 9.42. The van der Waals surface area contributed by atoms with E-state index >= 15 is 0 Å². The molecule has 0 N–H and O–H groups in total. The number of morpholine rings is 1. The molecule has 1 unspecified atom stereocenters. The van der Waals surface area contributed by atoms with Gasteiger partial charge in [0.1, 0.15) is 0 Å². The van der Waals surface area contributed by atoms with Gasteiger partial charge >= 0.3 is 0 Å². The van der Waals surface area contributed by atoms with Gasteiger partial charge < -0.3 is 9.64 Å². The highest BCUT2D eigenvalue weighted by atomic mass is 35.5. The third kappa shape index (κ3) is 3.14. The maximum atomic E-state index is 11.7. The smallest absolute Gasteiger partial charge is 0.223 e. The van der Waals surface area contributed by atoms with Crippen molar-refractivity contribution < 1.29 is 9.53 Å². The van der Waals surface area contributed by atoms with E-state index in [9.17, 15) is 4.79 Å². The number of nitrogens with zero attached hydrogens (tertiary/aromatic N) is 1. The number of hydrogen-bond donors (Lipinski definition) is 0. The normalized spacial score (nSPS) is 22.4. The summed E-state index contributed by atoms with van der Waals surface area (Å²) in [4.78, 5) is 13.6. The van der Waals surface area contributed by atoms with Crippen LogP contribution in [-0.4, -0.2) is 42.5 Å². The highest BCUT2D eigenvalue weighted by Crippen LogP contribution is 2.11. The van der Waals surface area contributed by atoms with E-state index in [2.05, 4.69) is 6.92 Å². The first-order chi connectivity index (χ1) is 6.79. The average molecular weight is 220 g/mol. The summed E-state index contributed by atoms with van der Waals surface area (Å²) in [5.74, 6) is 0.693. The minimum Gasteiger partial charge on any atom is -0.377 e. The molecule has 0 aromatic carbocycles. The Morgan fingerprint density at radius 2 is 2.43 bits per heavy atom. The molecular weight excluding hydrogens is 202 g/mol. The molecular formula is C10H18ClNO2. The van der Waals surface area contributed by atoms with E-state index in [1.54, 1.807) is 0 Å². The molecule has 14 heavy (non-hydrogen) atoms. The van der Waals surface area contributed by atoms with Crippen molar-refractivity contribution in [3.8, 4) is 0 Å². The Labute approximate surface area is 90.4 Å². The highest BCUT2D eigenvalue weighted by Gasteiger charge is 2.25. The number of unbranched alkanes of at least 4 members (excludes halogenated alkanes) is 1. The van der Waals surface area contributed by atoms with Crippen molar-refractivity contribution in [2.45, 2.75) is 32.2 Å². The molecule has 1 saturated heterocycles. The molecule has 1 amide bonds. The van der Waals surface area contributed by atoms with Crippen LogP contribution in [0.4, 0.5) is 0 Å². The Hall–Kier alpha value is -0.280. The summed E-state index contributed by atoms with van der Waals surface area (Å²) >= 11 is 5.78. The minimum atomic E-state index is 0.0785. The van der Waals surface area contributed by atoms with Crippen LogP contribution < -0.4 is 0 Å². The number of ether oxygens (including phenoxy) is 1. The van der Waals surface area contributed by atoms with Gasteiger partial charge in [-0.25, -0.2) is 0 Å². The highest BCUT2D eigenvalue weighted by molar-refractivity contribution is 6.18. The van der Waals surface area contributed by atoms with E-state index in [-0.39, 0.29) is 11.9 Å². The molecule has 0 aromatic rings. The van der Waals surface area contributed by atoms with Crippen molar-refractivity contribution in [3.63, 3.8) is 0 Å². The first-order valence-corrected chi connectivity index (χ1v) is 5.76. The van der Waals surface area contributed by atoms with E-state index in [1.807, 2.05) is 4.90 Å². The van der Waals surface area contributed by atoms with Crippen LogP contribution in [0, 0.1) is 0 Å².